The van der Waals surface area contributed by atoms with Gasteiger partial charge in [0, 0.05) is 18.4 Å². The molecule has 1 atom stereocenters. The molecule has 0 radical (unpaired) electrons. The first-order valence-electron chi connectivity index (χ1n) is 5.72. The lowest BCUT2D eigenvalue weighted by molar-refractivity contribution is 0.379. The molecule has 9 nitrogen and oxygen atoms in total. The molecule has 19 heavy (non-hydrogen) atoms. The number of methoxy groups -OCH3 is 1. The monoisotopic (exact) mass is 264 g/mol. The van der Waals surface area contributed by atoms with E-state index in [1.165, 1.54) is 7.11 Å². The van der Waals surface area contributed by atoms with Crippen LogP contribution in [0.2, 0.25) is 0 Å². The lowest BCUT2D eigenvalue weighted by Crippen LogP contribution is -2.24. The maximum absolute atomic E-state index is 5.28. The first kappa shape index (κ1) is 13.0. The van der Waals surface area contributed by atoms with Crippen molar-refractivity contribution in [3.05, 3.63) is 18.5 Å². The molecule has 2 aromatic rings. The number of hydrogen-bond donors (Lipinski definition) is 3. The Hall–Kier alpha value is -2.42. The molecule has 2 heterocycles. The number of ether oxygens (including phenoxy) is 1. The van der Waals surface area contributed by atoms with Crippen molar-refractivity contribution in [2.45, 2.75) is 19.5 Å². The minimum absolute atomic E-state index is 0.0811. The van der Waals surface area contributed by atoms with Gasteiger partial charge < -0.3 is 10.1 Å². The smallest absolute Gasteiger partial charge is 0.322 e. The first-order valence-corrected chi connectivity index (χ1v) is 5.72. The molecular formula is C10H16N8O. The molecule has 0 aliphatic rings. The predicted molar refractivity (Wildman–Crippen MR) is 69.5 cm³/mol. The molecule has 4 N–H and O–H groups in total. The Morgan fingerprint density at radius 3 is 2.79 bits per heavy atom. The molecule has 2 rings (SSSR count). The van der Waals surface area contributed by atoms with E-state index < -0.39 is 0 Å². The Bertz CT molecular complexity index is 492. The second-order valence-corrected chi connectivity index (χ2v) is 3.89. The van der Waals surface area contributed by atoms with Crippen LogP contribution in [-0.2, 0) is 6.54 Å². The summed E-state index contributed by atoms with van der Waals surface area (Å²) < 4.78 is 6.79. The lowest BCUT2D eigenvalue weighted by Gasteiger charge is -2.14. The van der Waals surface area contributed by atoms with E-state index in [0.717, 1.165) is 0 Å². The largest absolute Gasteiger partial charge is 0.467 e. The minimum Gasteiger partial charge on any atom is -0.467 e. The Labute approximate surface area is 110 Å². The Kier molecular flexibility index (Phi) is 4.08. The number of nitrogens with zero attached hydrogens (tertiary/aromatic N) is 5. The molecule has 9 heteroatoms. The average Bonchev–Trinajstić information content (AvgIpc) is 2.90. The zero-order chi connectivity index (χ0) is 13.7. The molecular weight excluding hydrogens is 248 g/mol. The van der Waals surface area contributed by atoms with Gasteiger partial charge >= 0.3 is 6.01 Å². The van der Waals surface area contributed by atoms with Crippen LogP contribution in [0.3, 0.4) is 0 Å². The number of aromatic nitrogens is 5. The SMILES string of the molecule is COc1nc(NN)nc(NC(C)Cn2cccn2)n1. The van der Waals surface area contributed by atoms with E-state index in [2.05, 4.69) is 30.8 Å². The Morgan fingerprint density at radius 1 is 1.37 bits per heavy atom. The third-order valence-electron chi connectivity index (χ3n) is 2.32. The van der Waals surface area contributed by atoms with Crippen molar-refractivity contribution in [2.75, 3.05) is 17.9 Å². The molecule has 1 unspecified atom stereocenters. The third kappa shape index (κ3) is 3.52. The zero-order valence-electron chi connectivity index (χ0n) is 10.7. The summed E-state index contributed by atoms with van der Waals surface area (Å²) in [6.45, 7) is 2.68. The van der Waals surface area contributed by atoms with Crippen molar-refractivity contribution in [1.82, 2.24) is 24.7 Å². The van der Waals surface area contributed by atoms with Crippen LogP contribution in [0.25, 0.3) is 0 Å². The Balaban J connectivity index is 2.05. The Morgan fingerprint density at radius 2 is 2.16 bits per heavy atom. The van der Waals surface area contributed by atoms with E-state index >= 15 is 0 Å². The van der Waals surface area contributed by atoms with Crippen LogP contribution in [0.15, 0.2) is 18.5 Å². The first-order chi connectivity index (χ1) is 9.21. The van der Waals surface area contributed by atoms with Crippen LogP contribution in [0, 0.1) is 0 Å². The van der Waals surface area contributed by atoms with Crippen molar-refractivity contribution in [3.8, 4) is 6.01 Å². The van der Waals surface area contributed by atoms with E-state index in [4.69, 9.17) is 10.6 Å². The molecule has 0 amide bonds. The van der Waals surface area contributed by atoms with Gasteiger partial charge in [0.25, 0.3) is 0 Å². The number of nitrogen functional groups attached to an aromatic ring is 1. The quantitative estimate of drug-likeness (QED) is 0.488. The fourth-order valence-electron chi connectivity index (χ4n) is 1.53. The second-order valence-electron chi connectivity index (χ2n) is 3.89. The molecule has 0 bridgehead atoms. The molecule has 0 saturated carbocycles. The summed E-state index contributed by atoms with van der Waals surface area (Å²) in [5.74, 6) is 5.91. The highest BCUT2D eigenvalue weighted by Crippen LogP contribution is 2.11. The van der Waals surface area contributed by atoms with Gasteiger partial charge in [-0.3, -0.25) is 10.1 Å². The van der Waals surface area contributed by atoms with Crippen molar-refractivity contribution in [2.24, 2.45) is 5.84 Å². The molecule has 0 fully saturated rings. The molecule has 102 valence electrons. The molecule has 0 aromatic carbocycles. The van der Waals surface area contributed by atoms with E-state index in [9.17, 15) is 0 Å². The fraction of sp³-hybridized carbons (Fsp3) is 0.400. The van der Waals surface area contributed by atoms with Crippen LogP contribution < -0.4 is 21.3 Å². The van der Waals surface area contributed by atoms with Crippen LogP contribution in [-0.4, -0.2) is 37.9 Å². The van der Waals surface area contributed by atoms with Gasteiger partial charge in [-0.1, -0.05) is 0 Å². The number of hydrogen-bond acceptors (Lipinski definition) is 8. The maximum Gasteiger partial charge on any atom is 0.322 e. The highest BCUT2D eigenvalue weighted by molar-refractivity contribution is 5.35. The van der Waals surface area contributed by atoms with Crippen molar-refractivity contribution < 1.29 is 4.74 Å². The highest BCUT2D eigenvalue weighted by Gasteiger charge is 2.09. The van der Waals surface area contributed by atoms with Crippen LogP contribution in [0.4, 0.5) is 11.9 Å². The normalized spacial score (nSPS) is 11.9. The topological polar surface area (TPSA) is 116 Å². The summed E-state index contributed by atoms with van der Waals surface area (Å²) in [7, 11) is 1.48. The van der Waals surface area contributed by atoms with Crippen LogP contribution >= 0.6 is 0 Å². The van der Waals surface area contributed by atoms with Crippen molar-refractivity contribution >= 4 is 11.9 Å². The van der Waals surface area contributed by atoms with Gasteiger partial charge in [-0.2, -0.15) is 20.1 Å². The number of nitrogens with one attached hydrogen (secondary N) is 2. The summed E-state index contributed by atoms with van der Waals surface area (Å²) in [5.41, 5.74) is 2.36. The van der Waals surface area contributed by atoms with E-state index in [-0.39, 0.29) is 18.0 Å². The molecule has 0 aliphatic carbocycles. The van der Waals surface area contributed by atoms with Crippen LogP contribution in [0.1, 0.15) is 6.92 Å². The van der Waals surface area contributed by atoms with Gasteiger partial charge in [-0.15, -0.1) is 0 Å². The maximum atomic E-state index is 5.28. The van der Waals surface area contributed by atoms with Crippen molar-refractivity contribution in [1.29, 1.82) is 0 Å². The summed E-state index contributed by atoms with van der Waals surface area (Å²) in [4.78, 5) is 12.1. The summed E-state index contributed by atoms with van der Waals surface area (Å²) in [5, 5.41) is 7.26. The number of anilines is 2. The van der Waals surface area contributed by atoms with E-state index in [0.29, 0.717) is 12.5 Å². The van der Waals surface area contributed by atoms with E-state index in [1.807, 2.05) is 23.9 Å². The minimum atomic E-state index is 0.0811. The van der Waals surface area contributed by atoms with Gasteiger partial charge in [-0.05, 0) is 13.0 Å². The molecule has 0 saturated heterocycles. The zero-order valence-corrected chi connectivity index (χ0v) is 10.7. The average molecular weight is 264 g/mol. The molecule has 0 aliphatic heterocycles. The van der Waals surface area contributed by atoms with Gasteiger partial charge in [0.2, 0.25) is 11.9 Å². The fourth-order valence-corrected chi connectivity index (χ4v) is 1.53. The molecule has 0 spiro atoms. The van der Waals surface area contributed by atoms with E-state index in [1.54, 1.807) is 6.20 Å². The summed E-state index contributed by atoms with van der Waals surface area (Å²) in [6.07, 6.45) is 3.62. The standard InChI is InChI=1S/C10H16N8O/c1-7(6-18-5-3-4-12-18)13-8-14-9(17-11)16-10(15-8)19-2/h3-5,7H,6,11H2,1-2H3,(H2,13,14,15,16,17). The number of hydrazine groups is 1. The van der Waals surface area contributed by atoms with Gasteiger partial charge in [0.15, 0.2) is 0 Å². The second kappa shape index (κ2) is 5.96. The summed E-state index contributed by atoms with van der Waals surface area (Å²) in [6, 6.07) is 2.14. The number of nitrogens with two attached hydrogens (primary N) is 1. The number of rotatable bonds is 6. The van der Waals surface area contributed by atoms with Crippen molar-refractivity contribution in [3.63, 3.8) is 0 Å². The van der Waals surface area contributed by atoms with Gasteiger partial charge in [0.1, 0.15) is 0 Å². The lowest BCUT2D eigenvalue weighted by atomic mass is 10.3. The van der Waals surface area contributed by atoms with Gasteiger partial charge in [-0.25, -0.2) is 5.84 Å². The summed E-state index contributed by atoms with van der Waals surface area (Å²) >= 11 is 0. The third-order valence-corrected chi connectivity index (χ3v) is 2.32. The van der Waals surface area contributed by atoms with Crippen LogP contribution in [0.5, 0.6) is 6.01 Å². The highest BCUT2D eigenvalue weighted by atomic mass is 16.5. The predicted octanol–water partition coefficient (Wildman–Crippen LogP) is -0.137. The molecule has 2 aromatic heterocycles. The van der Waals surface area contributed by atoms with Gasteiger partial charge in [0.05, 0.1) is 13.7 Å².